The summed E-state index contributed by atoms with van der Waals surface area (Å²) in [4.78, 5) is 29.8. The number of amides is 2. The molecule has 8 nitrogen and oxygen atoms in total. The van der Waals surface area contributed by atoms with Crippen molar-refractivity contribution in [3.63, 3.8) is 0 Å². The van der Waals surface area contributed by atoms with E-state index < -0.39 is 35.9 Å². The largest absolute Gasteiger partial charge is 0.493 e. The van der Waals surface area contributed by atoms with Crippen LogP contribution in [0, 0.1) is 29.9 Å². The topological polar surface area (TPSA) is 94.3 Å². The Kier molecular flexibility index (Phi) is 8.81. The van der Waals surface area contributed by atoms with E-state index in [9.17, 15) is 18.4 Å². The molecule has 4 unspecified atom stereocenters. The molecular formula is C28H31F2N3O5. The van der Waals surface area contributed by atoms with Gasteiger partial charge in [0.25, 0.3) is 0 Å². The van der Waals surface area contributed by atoms with Crippen molar-refractivity contribution >= 4 is 12.0 Å². The fraction of sp³-hybridized carbons (Fsp3) is 0.429. The molecule has 0 radical (unpaired) electrons. The van der Waals surface area contributed by atoms with Crippen LogP contribution in [-0.2, 0) is 20.9 Å². The van der Waals surface area contributed by atoms with Crippen LogP contribution in [-0.4, -0.2) is 72.3 Å². The number of halogens is 2. The number of benzene rings is 2. The minimum atomic E-state index is -1.03. The standard InChI is InChI=1S/C28H31F2N3O5/c1-3-13-36-18(2)25(31)27(34)32-12-11-24-26(32)20(17-37-21-9-10-22(29)23(30)14-21)15-33(24)28(35)38-16-19-7-5-4-6-8-19/h1,4-10,14,18,20,24-26H,11-13,15-17,31H2,2H3/t18?,20-,24?,25?,26?/m1/s1. The van der Waals surface area contributed by atoms with E-state index in [-0.39, 0.29) is 50.0 Å². The van der Waals surface area contributed by atoms with E-state index in [0.717, 1.165) is 17.7 Å². The van der Waals surface area contributed by atoms with Crippen molar-refractivity contribution in [1.82, 2.24) is 9.80 Å². The molecular weight excluding hydrogens is 496 g/mol. The van der Waals surface area contributed by atoms with Crippen LogP contribution in [0.25, 0.3) is 0 Å². The van der Waals surface area contributed by atoms with Gasteiger partial charge >= 0.3 is 6.09 Å². The lowest BCUT2D eigenvalue weighted by atomic mass is 9.99. The lowest BCUT2D eigenvalue weighted by molar-refractivity contribution is -0.137. The monoisotopic (exact) mass is 527 g/mol. The summed E-state index contributed by atoms with van der Waals surface area (Å²) < 4.78 is 43.8. The molecule has 0 bridgehead atoms. The Bertz CT molecular complexity index is 1170. The summed E-state index contributed by atoms with van der Waals surface area (Å²) in [6, 6.07) is 10.9. The highest BCUT2D eigenvalue weighted by molar-refractivity contribution is 5.83. The maximum atomic E-state index is 13.7. The minimum Gasteiger partial charge on any atom is -0.493 e. The number of nitrogens with two attached hydrogens (primary N) is 1. The van der Waals surface area contributed by atoms with Gasteiger partial charge in [0, 0.05) is 25.1 Å². The van der Waals surface area contributed by atoms with Crippen molar-refractivity contribution in [2.75, 3.05) is 26.3 Å². The molecule has 38 heavy (non-hydrogen) atoms. The number of hydrogen-bond donors (Lipinski definition) is 1. The van der Waals surface area contributed by atoms with Crippen LogP contribution in [0.3, 0.4) is 0 Å². The van der Waals surface area contributed by atoms with Crippen LogP contribution in [0.1, 0.15) is 18.9 Å². The second kappa shape index (κ2) is 12.2. The molecule has 2 aromatic carbocycles. The number of likely N-dealkylation sites (tertiary alicyclic amines) is 2. The zero-order chi connectivity index (χ0) is 27.2. The van der Waals surface area contributed by atoms with Gasteiger partial charge in [-0.2, -0.15) is 0 Å². The second-order valence-electron chi connectivity index (χ2n) is 9.46. The summed E-state index contributed by atoms with van der Waals surface area (Å²) in [5, 5.41) is 0. The molecule has 0 saturated carbocycles. The molecule has 2 aliphatic heterocycles. The Morgan fingerprint density at radius 1 is 1.16 bits per heavy atom. The molecule has 0 aromatic heterocycles. The van der Waals surface area contributed by atoms with E-state index in [2.05, 4.69) is 5.92 Å². The predicted octanol–water partition coefficient (Wildman–Crippen LogP) is 2.95. The zero-order valence-electron chi connectivity index (χ0n) is 21.1. The number of hydrogen-bond acceptors (Lipinski definition) is 6. The van der Waals surface area contributed by atoms with E-state index in [1.54, 1.807) is 16.7 Å². The molecule has 2 amide bonds. The van der Waals surface area contributed by atoms with Gasteiger partial charge in [0.15, 0.2) is 11.6 Å². The van der Waals surface area contributed by atoms with Crippen LogP contribution in [0.4, 0.5) is 13.6 Å². The van der Waals surface area contributed by atoms with Crippen molar-refractivity contribution in [3.8, 4) is 18.1 Å². The summed E-state index contributed by atoms with van der Waals surface area (Å²) in [7, 11) is 0. The molecule has 2 fully saturated rings. The van der Waals surface area contributed by atoms with Crippen LogP contribution >= 0.6 is 0 Å². The Labute approximate surface area is 220 Å². The summed E-state index contributed by atoms with van der Waals surface area (Å²) in [6.45, 7) is 2.53. The highest BCUT2D eigenvalue weighted by atomic mass is 19.2. The van der Waals surface area contributed by atoms with Crippen molar-refractivity contribution in [3.05, 3.63) is 65.7 Å². The fourth-order valence-electron chi connectivity index (χ4n) is 5.07. The van der Waals surface area contributed by atoms with Crippen molar-refractivity contribution in [2.24, 2.45) is 11.7 Å². The first kappa shape index (κ1) is 27.4. The molecule has 2 saturated heterocycles. The number of rotatable bonds is 9. The smallest absolute Gasteiger partial charge is 0.410 e. The third-order valence-electron chi connectivity index (χ3n) is 7.03. The third-order valence-corrected chi connectivity index (χ3v) is 7.03. The number of nitrogens with zero attached hydrogens (tertiary/aromatic N) is 2. The summed E-state index contributed by atoms with van der Waals surface area (Å²) in [5.74, 6) is -0.137. The van der Waals surface area contributed by atoms with E-state index in [1.807, 2.05) is 30.3 Å². The van der Waals surface area contributed by atoms with Gasteiger partial charge in [0.1, 0.15) is 25.0 Å². The molecule has 4 rings (SSSR count). The fourth-order valence-corrected chi connectivity index (χ4v) is 5.07. The van der Waals surface area contributed by atoms with E-state index in [1.165, 1.54) is 6.07 Å². The Morgan fingerprint density at radius 2 is 1.92 bits per heavy atom. The first-order chi connectivity index (χ1) is 18.3. The Balaban J connectivity index is 1.49. The van der Waals surface area contributed by atoms with Crippen LogP contribution in [0.5, 0.6) is 5.75 Å². The lowest BCUT2D eigenvalue weighted by Crippen LogP contribution is -2.54. The Morgan fingerprint density at radius 3 is 2.63 bits per heavy atom. The minimum absolute atomic E-state index is 0.0277. The van der Waals surface area contributed by atoms with Gasteiger partial charge in [-0.15, -0.1) is 6.42 Å². The predicted molar refractivity (Wildman–Crippen MR) is 135 cm³/mol. The number of ether oxygens (including phenoxy) is 3. The molecule has 10 heteroatoms. The van der Waals surface area contributed by atoms with Gasteiger partial charge in [0.05, 0.1) is 24.8 Å². The average molecular weight is 528 g/mol. The van der Waals surface area contributed by atoms with Gasteiger partial charge < -0.3 is 29.7 Å². The average Bonchev–Trinajstić information content (AvgIpc) is 3.52. The zero-order valence-corrected chi connectivity index (χ0v) is 21.1. The van der Waals surface area contributed by atoms with Gasteiger partial charge in [0.2, 0.25) is 5.91 Å². The number of fused-ring (bicyclic) bond motifs is 1. The quantitative estimate of drug-likeness (QED) is 0.504. The molecule has 5 atom stereocenters. The van der Waals surface area contributed by atoms with Crippen LogP contribution in [0.2, 0.25) is 0 Å². The molecule has 2 aliphatic rings. The maximum Gasteiger partial charge on any atom is 0.410 e. The number of carbonyl (C=O) groups is 2. The van der Waals surface area contributed by atoms with Crippen LogP contribution < -0.4 is 10.5 Å². The van der Waals surface area contributed by atoms with Gasteiger partial charge in [-0.25, -0.2) is 13.6 Å². The van der Waals surface area contributed by atoms with Crippen molar-refractivity contribution in [2.45, 2.75) is 44.2 Å². The molecule has 2 aromatic rings. The summed E-state index contributed by atoms with van der Waals surface area (Å²) >= 11 is 0. The highest BCUT2D eigenvalue weighted by Crippen LogP contribution is 2.37. The summed E-state index contributed by atoms with van der Waals surface area (Å²) in [6.07, 6.45) is 4.68. The molecule has 2 N–H and O–H groups in total. The molecule has 202 valence electrons. The molecule has 0 aliphatic carbocycles. The highest BCUT2D eigenvalue weighted by Gasteiger charge is 2.53. The van der Waals surface area contributed by atoms with E-state index >= 15 is 0 Å². The van der Waals surface area contributed by atoms with Gasteiger partial charge in [-0.3, -0.25) is 4.79 Å². The maximum absolute atomic E-state index is 13.7. The number of carbonyl (C=O) groups excluding carboxylic acids is 2. The number of terminal acetylenes is 1. The second-order valence-corrected chi connectivity index (χ2v) is 9.46. The van der Waals surface area contributed by atoms with E-state index in [4.69, 9.17) is 26.4 Å². The van der Waals surface area contributed by atoms with E-state index in [0.29, 0.717) is 13.0 Å². The van der Waals surface area contributed by atoms with Crippen molar-refractivity contribution < 1.29 is 32.6 Å². The summed E-state index contributed by atoms with van der Waals surface area (Å²) in [5.41, 5.74) is 7.07. The van der Waals surface area contributed by atoms with Crippen LogP contribution in [0.15, 0.2) is 48.5 Å². The molecule has 2 heterocycles. The SMILES string of the molecule is C#CCOC(C)C(N)C(=O)N1CCC2C1[C@@H](COc1ccc(F)c(F)c1)CN2C(=O)OCc1ccccc1. The Hall–Kier alpha value is -3.68. The first-order valence-electron chi connectivity index (χ1n) is 12.5. The first-order valence-corrected chi connectivity index (χ1v) is 12.5. The molecule has 0 spiro atoms. The third kappa shape index (κ3) is 6.06. The lowest BCUT2D eigenvalue weighted by Gasteiger charge is -2.32. The van der Waals surface area contributed by atoms with Gasteiger partial charge in [-0.1, -0.05) is 36.3 Å². The van der Waals surface area contributed by atoms with Crippen molar-refractivity contribution in [1.29, 1.82) is 0 Å². The normalized spacial score (nSPS) is 21.9. The van der Waals surface area contributed by atoms with Gasteiger partial charge in [-0.05, 0) is 31.0 Å².